The van der Waals surface area contributed by atoms with Gasteiger partial charge in [0.05, 0.1) is 18.3 Å². The van der Waals surface area contributed by atoms with Gasteiger partial charge in [-0.25, -0.2) is 0 Å². The first-order valence-corrected chi connectivity index (χ1v) is 8.00. The van der Waals surface area contributed by atoms with Gasteiger partial charge in [-0.05, 0) is 45.1 Å². The number of aliphatic hydroxyl groups excluding tert-OH is 4. The Morgan fingerprint density at radius 1 is 1.22 bits per heavy atom. The van der Waals surface area contributed by atoms with E-state index >= 15 is 0 Å². The van der Waals surface area contributed by atoms with E-state index in [0.29, 0.717) is 6.42 Å². The molecule has 0 radical (unpaired) electrons. The third kappa shape index (κ3) is 4.11. The quantitative estimate of drug-likeness (QED) is 0.432. The molecule has 1 saturated heterocycles. The number of hydrogen-bond donors (Lipinski definition) is 5. The topological polar surface area (TPSA) is 120 Å². The molecule has 0 aromatic carbocycles. The molecule has 2 aliphatic rings. The maximum absolute atomic E-state index is 10.2. The Bertz CT molecular complexity index is 429. The summed E-state index contributed by atoms with van der Waals surface area (Å²) in [5, 5.41) is 49.1. The first-order valence-electron chi connectivity index (χ1n) is 8.00. The van der Waals surface area contributed by atoms with E-state index in [2.05, 4.69) is 0 Å². The third-order valence-electron chi connectivity index (χ3n) is 4.88. The maximum atomic E-state index is 10.2. The Morgan fingerprint density at radius 3 is 2.43 bits per heavy atom. The highest BCUT2D eigenvalue weighted by Gasteiger charge is 2.45. The lowest BCUT2D eigenvalue weighted by atomic mass is 9.78. The summed E-state index contributed by atoms with van der Waals surface area (Å²) >= 11 is 0. The largest absolute Gasteiger partial charge is 0.394 e. The van der Waals surface area contributed by atoms with Crippen molar-refractivity contribution in [2.75, 3.05) is 6.61 Å². The molecular weight excluding hydrogens is 304 g/mol. The Labute approximate surface area is 136 Å². The molecule has 0 unspecified atom stereocenters. The van der Waals surface area contributed by atoms with Gasteiger partial charge in [-0.15, -0.1) is 0 Å². The summed E-state index contributed by atoms with van der Waals surface area (Å²) in [6, 6.07) is 0. The van der Waals surface area contributed by atoms with Crippen LogP contribution < -0.4 is 0 Å². The zero-order valence-electron chi connectivity index (χ0n) is 13.8. The summed E-state index contributed by atoms with van der Waals surface area (Å²) in [6.45, 7) is 4.90. The molecule has 5 N–H and O–H groups in total. The maximum Gasteiger partial charge on any atom is 0.187 e. The minimum absolute atomic E-state index is 0.00101. The van der Waals surface area contributed by atoms with Gasteiger partial charge in [0.25, 0.3) is 0 Å². The summed E-state index contributed by atoms with van der Waals surface area (Å²) in [6.07, 6.45) is -3.50. The summed E-state index contributed by atoms with van der Waals surface area (Å²) in [5.41, 5.74) is 0.108. The van der Waals surface area contributed by atoms with Crippen LogP contribution in [0.5, 0.6) is 0 Å². The van der Waals surface area contributed by atoms with Crippen LogP contribution >= 0.6 is 0 Å². The minimum Gasteiger partial charge on any atom is -0.394 e. The summed E-state index contributed by atoms with van der Waals surface area (Å²) in [7, 11) is 0. The van der Waals surface area contributed by atoms with Gasteiger partial charge in [0.1, 0.15) is 24.4 Å². The molecule has 0 saturated carbocycles. The first kappa shape index (κ1) is 18.8. The van der Waals surface area contributed by atoms with Crippen molar-refractivity contribution >= 4 is 0 Å². The van der Waals surface area contributed by atoms with E-state index in [-0.39, 0.29) is 12.0 Å². The van der Waals surface area contributed by atoms with Crippen molar-refractivity contribution in [3.8, 4) is 0 Å². The van der Waals surface area contributed by atoms with Crippen LogP contribution in [0, 0.1) is 5.92 Å². The Kier molecular flexibility index (Phi) is 5.84. The standard InChI is InChI=1S/C16H28O7/c1-8-4-5-9(16(2,3)21)6-10(8)22-15-14(20)13(19)12(18)11(7-17)23-15/h4,9-15,17-21H,5-7H2,1-3H3/t9-,10+,11+,12+,13-,14+,15+/m0/s1. The summed E-state index contributed by atoms with van der Waals surface area (Å²) < 4.78 is 11.2. The van der Waals surface area contributed by atoms with Gasteiger partial charge < -0.3 is 35.0 Å². The van der Waals surface area contributed by atoms with Crippen molar-refractivity contribution in [3.05, 3.63) is 11.6 Å². The second-order valence-electron chi connectivity index (χ2n) is 7.09. The Morgan fingerprint density at radius 2 is 1.87 bits per heavy atom. The highest BCUT2D eigenvalue weighted by atomic mass is 16.7. The minimum atomic E-state index is -1.45. The van der Waals surface area contributed by atoms with Gasteiger partial charge in [0.15, 0.2) is 6.29 Å². The van der Waals surface area contributed by atoms with Crippen LogP contribution in [0.4, 0.5) is 0 Å². The van der Waals surface area contributed by atoms with Crippen molar-refractivity contribution in [1.82, 2.24) is 0 Å². The van der Waals surface area contributed by atoms with Gasteiger partial charge in [-0.2, -0.15) is 0 Å². The molecule has 0 aromatic rings. The molecule has 2 rings (SSSR count). The van der Waals surface area contributed by atoms with E-state index in [0.717, 1.165) is 12.0 Å². The van der Waals surface area contributed by atoms with Crippen LogP contribution in [0.3, 0.4) is 0 Å². The second-order valence-corrected chi connectivity index (χ2v) is 7.09. The van der Waals surface area contributed by atoms with Crippen LogP contribution in [0.15, 0.2) is 11.6 Å². The normalized spacial score (nSPS) is 42.4. The second kappa shape index (κ2) is 7.14. The molecule has 1 aliphatic carbocycles. The van der Waals surface area contributed by atoms with E-state index in [1.165, 1.54) is 0 Å². The molecule has 7 atom stereocenters. The highest BCUT2D eigenvalue weighted by molar-refractivity contribution is 5.12. The average Bonchev–Trinajstić information content (AvgIpc) is 2.48. The van der Waals surface area contributed by atoms with Gasteiger partial charge in [-0.3, -0.25) is 0 Å². The molecule has 7 nitrogen and oxygen atoms in total. The molecule has 0 amide bonds. The van der Waals surface area contributed by atoms with Crippen LogP contribution in [-0.2, 0) is 9.47 Å². The zero-order chi connectivity index (χ0) is 17.4. The molecule has 1 heterocycles. The van der Waals surface area contributed by atoms with Crippen molar-refractivity contribution in [2.45, 2.75) is 76.0 Å². The Balaban J connectivity index is 2.07. The van der Waals surface area contributed by atoms with Gasteiger partial charge in [0.2, 0.25) is 0 Å². The lowest BCUT2D eigenvalue weighted by molar-refractivity contribution is -0.310. The van der Waals surface area contributed by atoms with E-state index in [1.54, 1.807) is 13.8 Å². The molecule has 0 bridgehead atoms. The molecule has 7 heteroatoms. The molecule has 23 heavy (non-hydrogen) atoms. The highest BCUT2D eigenvalue weighted by Crippen LogP contribution is 2.35. The van der Waals surface area contributed by atoms with Crippen molar-refractivity contribution in [1.29, 1.82) is 0 Å². The van der Waals surface area contributed by atoms with Gasteiger partial charge in [0, 0.05) is 0 Å². The van der Waals surface area contributed by atoms with E-state index < -0.39 is 42.9 Å². The smallest absolute Gasteiger partial charge is 0.187 e. The molecule has 1 aliphatic heterocycles. The fourth-order valence-electron chi connectivity index (χ4n) is 3.08. The Hall–Kier alpha value is -0.540. The van der Waals surface area contributed by atoms with E-state index in [4.69, 9.17) is 9.47 Å². The monoisotopic (exact) mass is 332 g/mol. The summed E-state index contributed by atoms with van der Waals surface area (Å²) in [5.74, 6) is 0.00101. The predicted molar refractivity (Wildman–Crippen MR) is 81.4 cm³/mol. The number of hydrogen-bond acceptors (Lipinski definition) is 7. The van der Waals surface area contributed by atoms with Crippen LogP contribution in [-0.4, -0.2) is 74.6 Å². The third-order valence-corrected chi connectivity index (χ3v) is 4.88. The zero-order valence-corrected chi connectivity index (χ0v) is 13.8. The molecule has 1 fully saturated rings. The molecule has 0 spiro atoms. The molecular formula is C16H28O7. The van der Waals surface area contributed by atoms with E-state index in [1.807, 2.05) is 13.0 Å². The molecule has 0 aromatic heterocycles. The van der Waals surface area contributed by atoms with Crippen molar-refractivity contribution in [2.24, 2.45) is 5.92 Å². The lowest BCUT2D eigenvalue weighted by Crippen LogP contribution is -2.59. The lowest BCUT2D eigenvalue weighted by Gasteiger charge is -2.42. The van der Waals surface area contributed by atoms with Gasteiger partial charge >= 0.3 is 0 Å². The first-order chi connectivity index (χ1) is 10.6. The van der Waals surface area contributed by atoms with Crippen molar-refractivity contribution < 1.29 is 35.0 Å². The van der Waals surface area contributed by atoms with Gasteiger partial charge in [-0.1, -0.05) is 6.08 Å². The number of allylic oxidation sites excluding steroid dienone is 1. The summed E-state index contributed by atoms with van der Waals surface area (Å²) in [4.78, 5) is 0. The molecule has 134 valence electrons. The number of ether oxygens (including phenoxy) is 2. The van der Waals surface area contributed by atoms with Crippen LogP contribution in [0.2, 0.25) is 0 Å². The SMILES string of the molecule is CC1=CC[C@H](C(C)(C)O)C[C@H]1O[C@@H]1O[C@H](CO)[C@@H](O)[C@H](O)[C@H]1O. The fraction of sp³-hybridized carbons (Fsp3) is 0.875. The number of rotatable bonds is 4. The van der Waals surface area contributed by atoms with E-state index in [9.17, 15) is 25.5 Å². The van der Waals surface area contributed by atoms with Crippen LogP contribution in [0.1, 0.15) is 33.6 Å². The average molecular weight is 332 g/mol. The van der Waals surface area contributed by atoms with Crippen LogP contribution in [0.25, 0.3) is 0 Å². The number of aliphatic hydroxyl groups is 5. The van der Waals surface area contributed by atoms with Crippen molar-refractivity contribution in [3.63, 3.8) is 0 Å². The predicted octanol–water partition coefficient (Wildman–Crippen LogP) is -0.701. The fourth-order valence-corrected chi connectivity index (χ4v) is 3.08.